The van der Waals surface area contributed by atoms with Gasteiger partial charge < -0.3 is 5.11 Å². The van der Waals surface area contributed by atoms with Crippen LogP contribution in [-0.2, 0) is 0 Å². The van der Waals surface area contributed by atoms with Crippen molar-refractivity contribution >= 4 is 11.8 Å². The Morgan fingerprint density at radius 1 is 1.25 bits per heavy atom. The molecule has 1 nitrogen and oxygen atoms in total. The van der Waals surface area contributed by atoms with Crippen LogP contribution < -0.4 is 0 Å². The summed E-state index contributed by atoms with van der Waals surface area (Å²) >= 11 is 1.87. The van der Waals surface area contributed by atoms with E-state index in [0.717, 1.165) is 30.3 Å². The second-order valence-electron chi connectivity index (χ2n) is 3.84. The van der Waals surface area contributed by atoms with Crippen LogP contribution in [0.1, 0.15) is 40.5 Å². The smallest absolute Gasteiger partial charge is 0.0732 e. The molecule has 0 aromatic rings. The summed E-state index contributed by atoms with van der Waals surface area (Å²) in [6, 6.07) is 0. The van der Waals surface area contributed by atoms with Gasteiger partial charge in [-0.3, -0.25) is 0 Å². The zero-order chi connectivity index (χ0) is 9.61. The van der Waals surface area contributed by atoms with Crippen LogP contribution in [-0.4, -0.2) is 22.2 Å². The molecule has 0 saturated carbocycles. The molecular formula is C10H22OS. The molecule has 0 heterocycles. The van der Waals surface area contributed by atoms with Crippen LogP contribution >= 0.6 is 11.8 Å². The Hall–Kier alpha value is 0.310. The Kier molecular flexibility index (Phi) is 6.02. The summed E-state index contributed by atoms with van der Waals surface area (Å²) in [5.74, 6) is 2.77. The molecule has 0 saturated heterocycles. The molecule has 0 radical (unpaired) electrons. The van der Waals surface area contributed by atoms with Gasteiger partial charge in [-0.25, -0.2) is 0 Å². The lowest BCUT2D eigenvalue weighted by Gasteiger charge is -2.24. The van der Waals surface area contributed by atoms with Crippen molar-refractivity contribution in [3.05, 3.63) is 0 Å². The first-order valence-corrected chi connectivity index (χ1v) is 5.99. The Bertz CT molecular complexity index is 108. The zero-order valence-electron chi connectivity index (χ0n) is 8.76. The Labute approximate surface area is 80.9 Å². The fourth-order valence-corrected chi connectivity index (χ4v) is 2.32. The molecule has 0 aromatic heterocycles. The van der Waals surface area contributed by atoms with Gasteiger partial charge in [0.15, 0.2) is 0 Å². The molecule has 0 bridgehead atoms. The summed E-state index contributed by atoms with van der Waals surface area (Å²) in [6.07, 6.45) is 1.74. The van der Waals surface area contributed by atoms with E-state index in [-0.39, 0.29) is 0 Å². The van der Waals surface area contributed by atoms with Crippen LogP contribution in [0, 0.1) is 5.92 Å². The minimum absolute atomic E-state index is 0.417. The van der Waals surface area contributed by atoms with Gasteiger partial charge in [0.2, 0.25) is 0 Å². The summed E-state index contributed by atoms with van der Waals surface area (Å²) in [5.41, 5.74) is -0.417. The molecule has 0 fully saturated rings. The highest BCUT2D eigenvalue weighted by Crippen LogP contribution is 2.21. The molecule has 0 atom stereocenters. The lowest BCUT2D eigenvalue weighted by atomic mass is 10.0. The van der Waals surface area contributed by atoms with Crippen LogP contribution in [0.4, 0.5) is 0 Å². The minimum atomic E-state index is -0.417. The third kappa shape index (κ3) is 5.04. The van der Waals surface area contributed by atoms with Crippen molar-refractivity contribution in [2.24, 2.45) is 5.92 Å². The summed E-state index contributed by atoms with van der Waals surface area (Å²) in [4.78, 5) is 0. The van der Waals surface area contributed by atoms with Gasteiger partial charge in [0.05, 0.1) is 5.60 Å². The van der Waals surface area contributed by atoms with E-state index in [9.17, 15) is 5.11 Å². The van der Waals surface area contributed by atoms with Crippen LogP contribution in [0.3, 0.4) is 0 Å². The first kappa shape index (κ1) is 12.3. The van der Waals surface area contributed by atoms with Crippen LogP contribution in [0.2, 0.25) is 0 Å². The molecule has 0 aromatic carbocycles. The molecule has 0 spiro atoms. The van der Waals surface area contributed by atoms with E-state index in [1.54, 1.807) is 0 Å². The SMILES string of the molecule is CCC(O)(CC)CSCC(C)C. The number of thioether (sulfide) groups is 1. The molecule has 1 N–H and O–H groups in total. The second kappa shape index (κ2) is 5.87. The predicted octanol–water partition coefficient (Wildman–Crippen LogP) is 2.93. The third-order valence-electron chi connectivity index (χ3n) is 2.14. The standard InChI is InChI=1S/C10H22OS/c1-5-10(11,6-2)8-12-7-9(3)4/h9,11H,5-8H2,1-4H3. The van der Waals surface area contributed by atoms with E-state index in [1.807, 2.05) is 11.8 Å². The molecule has 0 aliphatic carbocycles. The molecule has 2 heteroatoms. The van der Waals surface area contributed by atoms with E-state index in [2.05, 4.69) is 27.7 Å². The summed E-state index contributed by atoms with van der Waals surface area (Å²) in [5, 5.41) is 9.92. The normalized spacial score (nSPS) is 12.5. The van der Waals surface area contributed by atoms with Crippen molar-refractivity contribution in [1.82, 2.24) is 0 Å². The molecule has 0 rings (SSSR count). The van der Waals surface area contributed by atoms with Gasteiger partial charge in [0.25, 0.3) is 0 Å². The minimum Gasteiger partial charge on any atom is -0.389 e. The van der Waals surface area contributed by atoms with Crippen LogP contribution in [0.25, 0.3) is 0 Å². The highest BCUT2D eigenvalue weighted by atomic mass is 32.2. The summed E-state index contributed by atoms with van der Waals surface area (Å²) in [7, 11) is 0. The Morgan fingerprint density at radius 2 is 1.75 bits per heavy atom. The van der Waals surface area contributed by atoms with Gasteiger partial charge in [0.1, 0.15) is 0 Å². The lowest BCUT2D eigenvalue weighted by Crippen LogP contribution is -2.29. The molecule has 12 heavy (non-hydrogen) atoms. The fourth-order valence-electron chi connectivity index (χ4n) is 0.939. The average molecular weight is 190 g/mol. The van der Waals surface area contributed by atoms with Crippen molar-refractivity contribution in [2.75, 3.05) is 11.5 Å². The molecule has 0 aliphatic rings. The van der Waals surface area contributed by atoms with Gasteiger partial charge in [-0.15, -0.1) is 0 Å². The number of rotatable bonds is 6. The van der Waals surface area contributed by atoms with E-state index in [4.69, 9.17) is 0 Å². The highest BCUT2D eigenvalue weighted by molar-refractivity contribution is 7.99. The summed E-state index contributed by atoms with van der Waals surface area (Å²) in [6.45, 7) is 8.53. The maximum atomic E-state index is 9.92. The largest absolute Gasteiger partial charge is 0.389 e. The lowest BCUT2D eigenvalue weighted by molar-refractivity contribution is 0.0572. The predicted molar refractivity (Wildman–Crippen MR) is 57.7 cm³/mol. The quantitative estimate of drug-likeness (QED) is 0.695. The Morgan fingerprint density at radius 3 is 2.08 bits per heavy atom. The highest BCUT2D eigenvalue weighted by Gasteiger charge is 2.21. The van der Waals surface area contributed by atoms with Crippen molar-refractivity contribution in [1.29, 1.82) is 0 Å². The molecule has 0 unspecified atom stereocenters. The second-order valence-corrected chi connectivity index (χ2v) is 4.87. The van der Waals surface area contributed by atoms with E-state index < -0.39 is 5.60 Å². The van der Waals surface area contributed by atoms with E-state index in [1.165, 1.54) is 0 Å². The van der Waals surface area contributed by atoms with Crippen molar-refractivity contribution in [2.45, 2.75) is 46.1 Å². The topological polar surface area (TPSA) is 20.2 Å². The monoisotopic (exact) mass is 190 g/mol. The van der Waals surface area contributed by atoms with Gasteiger partial charge in [-0.1, -0.05) is 27.7 Å². The average Bonchev–Trinajstić information content (AvgIpc) is 2.03. The Balaban J connectivity index is 3.58. The first-order chi connectivity index (χ1) is 5.54. The molecular weight excluding hydrogens is 168 g/mol. The number of aliphatic hydroxyl groups is 1. The molecule has 0 amide bonds. The maximum absolute atomic E-state index is 9.92. The fraction of sp³-hybridized carbons (Fsp3) is 1.00. The third-order valence-corrected chi connectivity index (χ3v) is 3.78. The first-order valence-electron chi connectivity index (χ1n) is 4.84. The molecule has 74 valence electrons. The van der Waals surface area contributed by atoms with Crippen LogP contribution in [0.15, 0.2) is 0 Å². The van der Waals surface area contributed by atoms with Crippen molar-refractivity contribution in [3.63, 3.8) is 0 Å². The number of hydrogen-bond donors (Lipinski definition) is 1. The zero-order valence-corrected chi connectivity index (χ0v) is 9.58. The van der Waals surface area contributed by atoms with Gasteiger partial charge in [-0.05, 0) is 24.5 Å². The van der Waals surface area contributed by atoms with E-state index in [0.29, 0.717) is 0 Å². The van der Waals surface area contributed by atoms with Crippen molar-refractivity contribution < 1.29 is 5.11 Å². The van der Waals surface area contributed by atoms with Gasteiger partial charge in [-0.2, -0.15) is 11.8 Å². The van der Waals surface area contributed by atoms with Gasteiger partial charge in [0, 0.05) is 5.75 Å². The number of hydrogen-bond acceptors (Lipinski definition) is 2. The van der Waals surface area contributed by atoms with E-state index >= 15 is 0 Å². The maximum Gasteiger partial charge on any atom is 0.0732 e. The van der Waals surface area contributed by atoms with Crippen molar-refractivity contribution in [3.8, 4) is 0 Å². The van der Waals surface area contributed by atoms with Gasteiger partial charge >= 0.3 is 0 Å². The van der Waals surface area contributed by atoms with Crippen LogP contribution in [0.5, 0.6) is 0 Å². The summed E-state index contributed by atoms with van der Waals surface area (Å²) < 4.78 is 0. The molecule has 0 aliphatic heterocycles.